The Morgan fingerprint density at radius 1 is 1.18 bits per heavy atom. The molecule has 0 aliphatic heterocycles. The van der Waals surface area contributed by atoms with Crippen molar-refractivity contribution in [3.8, 4) is 0 Å². The molecule has 0 heterocycles. The third-order valence-corrected chi connectivity index (χ3v) is 5.44. The highest BCUT2D eigenvalue weighted by atomic mass is 32.2. The Morgan fingerprint density at radius 2 is 1.82 bits per heavy atom. The van der Waals surface area contributed by atoms with E-state index < -0.39 is 33.7 Å². The van der Waals surface area contributed by atoms with E-state index in [0.29, 0.717) is 11.3 Å². The molecule has 28 heavy (non-hydrogen) atoms. The van der Waals surface area contributed by atoms with Crippen LogP contribution < -0.4 is 15.4 Å². The van der Waals surface area contributed by atoms with Crippen molar-refractivity contribution >= 4 is 33.2 Å². The summed E-state index contributed by atoms with van der Waals surface area (Å²) in [5.74, 6) is -2.06. The second kappa shape index (κ2) is 8.39. The summed E-state index contributed by atoms with van der Waals surface area (Å²) in [5.41, 5.74) is 6.11. The largest absolute Gasteiger partial charge is 0.366 e. The highest BCUT2D eigenvalue weighted by molar-refractivity contribution is 7.92. The zero-order valence-corrected chi connectivity index (χ0v) is 16.6. The lowest BCUT2D eigenvalue weighted by atomic mass is 10.1. The molecule has 150 valence electrons. The summed E-state index contributed by atoms with van der Waals surface area (Å²) < 4.78 is 39.8. The fourth-order valence-corrected chi connectivity index (χ4v) is 4.13. The average Bonchev–Trinajstić information content (AvgIpc) is 2.61. The predicted octanol–water partition coefficient (Wildman–Crippen LogP) is 2.42. The molecule has 0 spiro atoms. The number of anilines is 2. The van der Waals surface area contributed by atoms with Gasteiger partial charge in [-0.1, -0.05) is 25.1 Å². The molecule has 0 radical (unpaired) electrons. The van der Waals surface area contributed by atoms with Gasteiger partial charge in [0.25, 0.3) is 0 Å². The van der Waals surface area contributed by atoms with Crippen molar-refractivity contribution in [2.75, 3.05) is 15.9 Å². The molecule has 0 aliphatic carbocycles. The van der Waals surface area contributed by atoms with Crippen LogP contribution in [-0.2, 0) is 14.8 Å². The highest BCUT2D eigenvalue weighted by Crippen LogP contribution is 2.27. The van der Waals surface area contributed by atoms with Crippen molar-refractivity contribution in [3.63, 3.8) is 0 Å². The van der Waals surface area contributed by atoms with Gasteiger partial charge in [0.1, 0.15) is 11.9 Å². The van der Waals surface area contributed by atoms with Gasteiger partial charge in [-0.25, -0.2) is 12.8 Å². The maximum absolute atomic E-state index is 14.3. The number of rotatable bonds is 7. The summed E-state index contributed by atoms with van der Waals surface area (Å²) in [4.78, 5) is 24.4. The van der Waals surface area contributed by atoms with Gasteiger partial charge in [0.2, 0.25) is 21.8 Å². The number of amides is 2. The molecule has 0 saturated carbocycles. The zero-order valence-electron chi connectivity index (χ0n) is 15.8. The number of benzene rings is 2. The van der Waals surface area contributed by atoms with Crippen molar-refractivity contribution in [2.24, 2.45) is 5.73 Å². The first-order valence-electron chi connectivity index (χ1n) is 8.52. The number of primary amides is 1. The van der Waals surface area contributed by atoms with Gasteiger partial charge in [0.15, 0.2) is 0 Å². The Labute approximate surface area is 163 Å². The molecule has 2 rings (SSSR count). The molecule has 2 amide bonds. The van der Waals surface area contributed by atoms with Crippen molar-refractivity contribution in [2.45, 2.75) is 26.3 Å². The molecule has 9 heteroatoms. The van der Waals surface area contributed by atoms with Crippen LogP contribution in [-0.4, -0.2) is 32.5 Å². The summed E-state index contributed by atoms with van der Waals surface area (Å²) in [6.45, 7) is 3.23. The van der Waals surface area contributed by atoms with Crippen LogP contribution in [0.2, 0.25) is 0 Å². The van der Waals surface area contributed by atoms with E-state index in [0.717, 1.165) is 16.6 Å². The van der Waals surface area contributed by atoms with Crippen molar-refractivity contribution in [1.29, 1.82) is 0 Å². The number of halogens is 1. The van der Waals surface area contributed by atoms with Crippen LogP contribution in [0.1, 0.15) is 29.3 Å². The monoisotopic (exact) mass is 407 g/mol. The number of hydrogen-bond donors (Lipinski definition) is 2. The third kappa shape index (κ3) is 4.48. The highest BCUT2D eigenvalue weighted by Gasteiger charge is 2.33. The number of nitrogens with zero attached hydrogens (tertiary/aromatic N) is 1. The Morgan fingerprint density at radius 3 is 2.36 bits per heavy atom. The Bertz CT molecular complexity index is 1010. The van der Waals surface area contributed by atoms with Crippen LogP contribution in [0.5, 0.6) is 0 Å². The van der Waals surface area contributed by atoms with Crippen LogP contribution in [0.25, 0.3) is 0 Å². The molecule has 0 aliphatic rings. The molecule has 0 saturated heterocycles. The summed E-state index contributed by atoms with van der Waals surface area (Å²) >= 11 is 0. The Hall–Kier alpha value is -2.94. The number of carbonyl (C=O) groups excluding carboxylic acids is 2. The maximum Gasteiger partial charge on any atom is 0.249 e. The SMILES string of the molecule is CCC(C(=O)Nc1cccc(C(N)=O)c1C)N(c1ccccc1F)S(C)(=O)=O. The minimum atomic E-state index is -3.96. The lowest BCUT2D eigenvalue weighted by molar-refractivity contribution is -0.117. The van der Waals surface area contributed by atoms with E-state index in [1.54, 1.807) is 26.0 Å². The molecule has 3 N–H and O–H groups in total. The molecule has 0 fully saturated rings. The number of nitrogens with two attached hydrogens (primary N) is 1. The first-order valence-corrected chi connectivity index (χ1v) is 10.4. The van der Waals surface area contributed by atoms with E-state index in [2.05, 4.69) is 5.32 Å². The predicted molar refractivity (Wildman–Crippen MR) is 106 cm³/mol. The maximum atomic E-state index is 14.3. The standard InChI is InChI=1S/C19H22FN3O4S/c1-4-16(23(28(3,26)27)17-11-6-5-9-14(17)20)19(25)22-15-10-7-8-13(12(15)2)18(21)24/h5-11,16H,4H2,1-3H3,(H2,21,24)(H,22,25). The van der Waals surface area contributed by atoms with Gasteiger partial charge in [-0.3, -0.25) is 13.9 Å². The summed E-state index contributed by atoms with van der Waals surface area (Å²) in [5, 5.41) is 2.62. The van der Waals surface area contributed by atoms with Gasteiger partial charge < -0.3 is 11.1 Å². The zero-order chi connectivity index (χ0) is 21.1. The molecule has 2 aromatic rings. The molecular weight excluding hydrogens is 385 g/mol. The van der Waals surface area contributed by atoms with E-state index in [-0.39, 0.29) is 17.7 Å². The van der Waals surface area contributed by atoms with E-state index in [4.69, 9.17) is 5.73 Å². The molecular formula is C19H22FN3O4S. The Balaban J connectivity index is 2.45. The van der Waals surface area contributed by atoms with E-state index in [1.165, 1.54) is 24.3 Å². The summed E-state index contributed by atoms with van der Waals surface area (Å²) in [6, 6.07) is 8.79. The molecule has 0 aromatic heterocycles. The fourth-order valence-electron chi connectivity index (χ4n) is 2.92. The number of sulfonamides is 1. The van der Waals surface area contributed by atoms with E-state index >= 15 is 0 Å². The van der Waals surface area contributed by atoms with Gasteiger partial charge in [-0.05, 0) is 43.2 Å². The molecule has 1 unspecified atom stereocenters. The number of hydrogen-bond acceptors (Lipinski definition) is 4. The van der Waals surface area contributed by atoms with Crippen molar-refractivity contribution in [1.82, 2.24) is 0 Å². The van der Waals surface area contributed by atoms with E-state index in [1.807, 2.05) is 0 Å². The molecule has 1 atom stereocenters. The molecule has 7 nitrogen and oxygen atoms in total. The topological polar surface area (TPSA) is 110 Å². The smallest absolute Gasteiger partial charge is 0.249 e. The minimum Gasteiger partial charge on any atom is -0.366 e. The minimum absolute atomic E-state index is 0.0990. The van der Waals surface area contributed by atoms with Crippen LogP contribution in [0.15, 0.2) is 42.5 Å². The molecule has 2 aromatic carbocycles. The number of para-hydroxylation sites is 1. The quantitative estimate of drug-likeness (QED) is 0.734. The van der Waals surface area contributed by atoms with Crippen molar-refractivity contribution in [3.05, 3.63) is 59.4 Å². The first kappa shape index (κ1) is 21.4. The lowest BCUT2D eigenvalue weighted by Gasteiger charge is -2.30. The van der Waals surface area contributed by atoms with Crippen LogP contribution >= 0.6 is 0 Å². The second-order valence-electron chi connectivity index (χ2n) is 6.27. The van der Waals surface area contributed by atoms with Gasteiger partial charge in [0.05, 0.1) is 11.9 Å². The lowest BCUT2D eigenvalue weighted by Crippen LogP contribution is -2.47. The van der Waals surface area contributed by atoms with Gasteiger partial charge in [-0.2, -0.15) is 0 Å². The number of nitrogens with one attached hydrogen (secondary N) is 1. The normalized spacial score (nSPS) is 12.3. The van der Waals surface area contributed by atoms with Crippen molar-refractivity contribution < 1.29 is 22.4 Å². The summed E-state index contributed by atoms with van der Waals surface area (Å²) in [7, 11) is -3.96. The van der Waals surface area contributed by atoms with Gasteiger partial charge in [0, 0.05) is 11.3 Å². The van der Waals surface area contributed by atoms with E-state index in [9.17, 15) is 22.4 Å². The van der Waals surface area contributed by atoms with Crippen LogP contribution in [0.3, 0.4) is 0 Å². The summed E-state index contributed by atoms with van der Waals surface area (Å²) in [6.07, 6.45) is 1.01. The molecule has 0 bridgehead atoms. The van der Waals surface area contributed by atoms with Gasteiger partial charge in [-0.15, -0.1) is 0 Å². The third-order valence-electron chi connectivity index (χ3n) is 4.28. The van der Waals surface area contributed by atoms with Crippen LogP contribution in [0, 0.1) is 12.7 Å². The average molecular weight is 407 g/mol. The van der Waals surface area contributed by atoms with Crippen LogP contribution in [0.4, 0.5) is 15.8 Å². The number of carbonyl (C=O) groups is 2. The van der Waals surface area contributed by atoms with Gasteiger partial charge >= 0.3 is 0 Å². The fraction of sp³-hybridized carbons (Fsp3) is 0.263. The second-order valence-corrected chi connectivity index (χ2v) is 8.13. The first-order chi connectivity index (χ1) is 13.1. The Kier molecular flexibility index (Phi) is 6.40.